The maximum atomic E-state index is 12.3. The van der Waals surface area contributed by atoms with E-state index in [9.17, 15) is 9.59 Å². The second-order valence-electron chi connectivity index (χ2n) is 5.46. The van der Waals surface area contributed by atoms with Gasteiger partial charge in [0.05, 0.1) is 11.3 Å². The molecule has 3 amide bonds. The summed E-state index contributed by atoms with van der Waals surface area (Å²) in [6, 6.07) is 6.71. The average Bonchev–Trinajstić information content (AvgIpc) is 2.54. The minimum absolute atomic E-state index is 0.132. The third kappa shape index (κ3) is 4.48. The molecule has 0 spiro atoms. The number of amides is 3. The van der Waals surface area contributed by atoms with Crippen molar-refractivity contribution in [1.82, 2.24) is 10.6 Å². The van der Waals surface area contributed by atoms with Gasteiger partial charge in [-0.3, -0.25) is 4.79 Å². The molecule has 0 unspecified atom stereocenters. The highest BCUT2D eigenvalue weighted by atomic mass is 16.2. The van der Waals surface area contributed by atoms with Crippen molar-refractivity contribution in [2.75, 3.05) is 18.9 Å². The van der Waals surface area contributed by atoms with Crippen LogP contribution in [0, 0.1) is 5.92 Å². The Bertz CT molecular complexity index is 496. The lowest BCUT2D eigenvalue weighted by atomic mass is 9.89. The van der Waals surface area contributed by atoms with Crippen LogP contribution in [0.5, 0.6) is 0 Å². The number of urea groups is 1. The van der Waals surface area contributed by atoms with Gasteiger partial charge >= 0.3 is 6.03 Å². The van der Waals surface area contributed by atoms with Crippen molar-refractivity contribution < 1.29 is 9.59 Å². The van der Waals surface area contributed by atoms with Crippen LogP contribution in [0.1, 0.15) is 42.5 Å². The van der Waals surface area contributed by atoms with Gasteiger partial charge in [-0.15, -0.1) is 0 Å². The van der Waals surface area contributed by atoms with E-state index in [4.69, 9.17) is 0 Å². The molecule has 0 aliphatic heterocycles. The Hall–Kier alpha value is -2.04. The van der Waals surface area contributed by atoms with E-state index in [-0.39, 0.29) is 11.9 Å². The predicted molar refractivity (Wildman–Crippen MR) is 83.4 cm³/mol. The molecule has 3 N–H and O–H groups in total. The van der Waals surface area contributed by atoms with Crippen LogP contribution >= 0.6 is 0 Å². The molecule has 1 saturated carbocycles. The van der Waals surface area contributed by atoms with Crippen molar-refractivity contribution >= 4 is 17.6 Å². The van der Waals surface area contributed by atoms with Crippen molar-refractivity contribution in [3.8, 4) is 0 Å². The van der Waals surface area contributed by atoms with E-state index >= 15 is 0 Å². The lowest BCUT2D eigenvalue weighted by Crippen LogP contribution is -2.32. The fraction of sp³-hybridized carbons (Fsp3) is 0.500. The minimum Gasteiger partial charge on any atom is -0.352 e. The van der Waals surface area contributed by atoms with Crippen molar-refractivity contribution in [3.63, 3.8) is 0 Å². The van der Waals surface area contributed by atoms with Crippen LogP contribution in [0.3, 0.4) is 0 Å². The summed E-state index contributed by atoms with van der Waals surface area (Å²) < 4.78 is 0. The van der Waals surface area contributed by atoms with Crippen molar-refractivity contribution in [2.24, 2.45) is 5.92 Å². The molecule has 0 radical (unpaired) electrons. The van der Waals surface area contributed by atoms with E-state index in [1.54, 1.807) is 31.3 Å². The summed E-state index contributed by atoms with van der Waals surface area (Å²) in [7, 11) is 1.54. The second-order valence-corrected chi connectivity index (χ2v) is 5.46. The quantitative estimate of drug-likeness (QED) is 0.797. The molecule has 0 bridgehead atoms. The Morgan fingerprint density at radius 1 is 1.14 bits per heavy atom. The molecule has 5 heteroatoms. The van der Waals surface area contributed by atoms with Gasteiger partial charge in [0.1, 0.15) is 0 Å². The number of para-hydroxylation sites is 1. The largest absolute Gasteiger partial charge is 0.352 e. The fourth-order valence-electron chi connectivity index (χ4n) is 2.70. The van der Waals surface area contributed by atoms with Gasteiger partial charge in [-0.25, -0.2) is 4.79 Å². The lowest BCUT2D eigenvalue weighted by Gasteiger charge is -2.22. The normalized spacial score (nSPS) is 15.3. The van der Waals surface area contributed by atoms with E-state index in [1.165, 1.54) is 32.1 Å². The monoisotopic (exact) mass is 289 g/mol. The molecule has 0 heterocycles. The first-order valence-corrected chi connectivity index (χ1v) is 7.56. The standard InChI is InChI=1S/C16H23N3O2/c1-17-16(21)19-14-10-6-5-9-13(14)15(20)18-11-12-7-3-2-4-8-12/h5-6,9-10,12H,2-4,7-8,11H2,1H3,(H,18,20)(H2,17,19,21). The summed E-state index contributed by atoms with van der Waals surface area (Å²) in [5.41, 5.74) is 1.02. The number of benzene rings is 1. The van der Waals surface area contributed by atoms with Crippen LogP contribution in [0.4, 0.5) is 10.5 Å². The number of hydrogen-bond donors (Lipinski definition) is 3. The Labute approximate surface area is 125 Å². The molecule has 0 aromatic heterocycles. The number of carbonyl (C=O) groups is 2. The highest BCUT2D eigenvalue weighted by molar-refractivity contribution is 6.03. The molecule has 5 nitrogen and oxygen atoms in total. The molecule has 1 aromatic rings. The Morgan fingerprint density at radius 3 is 2.57 bits per heavy atom. The minimum atomic E-state index is -0.331. The van der Waals surface area contributed by atoms with Crippen LogP contribution < -0.4 is 16.0 Å². The smallest absolute Gasteiger partial charge is 0.318 e. The fourth-order valence-corrected chi connectivity index (χ4v) is 2.70. The van der Waals surface area contributed by atoms with E-state index in [2.05, 4.69) is 16.0 Å². The maximum Gasteiger partial charge on any atom is 0.318 e. The maximum absolute atomic E-state index is 12.3. The van der Waals surface area contributed by atoms with Crippen molar-refractivity contribution in [1.29, 1.82) is 0 Å². The van der Waals surface area contributed by atoms with Crippen LogP contribution in [-0.4, -0.2) is 25.5 Å². The zero-order valence-electron chi connectivity index (χ0n) is 12.4. The zero-order chi connectivity index (χ0) is 15.1. The SMILES string of the molecule is CNC(=O)Nc1ccccc1C(=O)NCC1CCCCC1. The van der Waals surface area contributed by atoms with Crippen molar-refractivity contribution in [3.05, 3.63) is 29.8 Å². The number of hydrogen-bond acceptors (Lipinski definition) is 2. The molecule has 0 atom stereocenters. The Morgan fingerprint density at radius 2 is 1.86 bits per heavy atom. The highest BCUT2D eigenvalue weighted by Gasteiger charge is 2.16. The molecule has 114 valence electrons. The topological polar surface area (TPSA) is 70.2 Å². The van der Waals surface area contributed by atoms with Gasteiger partial charge in [-0.2, -0.15) is 0 Å². The third-order valence-corrected chi connectivity index (χ3v) is 3.92. The first-order chi connectivity index (χ1) is 10.2. The summed E-state index contributed by atoms with van der Waals surface area (Å²) in [5.74, 6) is 0.453. The molecular weight excluding hydrogens is 266 g/mol. The predicted octanol–water partition coefficient (Wildman–Crippen LogP) is 2.75. The lowest BCUT2D eigenvalue weighted by molar-refractivity contribution is 0.0944. The van der Waals surface area contributed by atoms with Crippen molar-refractivity contribution in [2.45, 2.75) is 32.1 Å². The Balaban J connectivity index is 1.96. The first kappa shape index (κ1) is 15.4. The first-order valence-electron chi connectivity index (χ1n) is 7.56. The number of anilines is 1. The molecular formula is C16H23N3O2. The second kappa shape index (κ2) is 7.67. The van der Waals surface area contributed by atoms with Gasteiger partial charge in [-0.05, 0) is 30.9 Å². The highest BCUT2D eigenvalue weighted by Crippen LogP contribution is 2.23. The molecule has 21 heavy (non-hydrogen) atoms. The van der Waals surface area contributed by atoms with Crippen LogP contribution in [0.15, 0.2) is 24.3 Å². The van der Waals surface area contributed by atoms with E-state index in [0.717, 1.165) is 0 Å². The van der Waals surface area contributed by atoms with Gasteiger partial charge in [0.25, 0.3) is 5.91 Å². The van der Waals surface area contributed by atoms with Gasteiger partial charge in [0.2, 0.25) is 0 Å². The molecule has 1 aromatic carbocycles. The van der Waals surface area contributed by atoms with E-state index in [1.807, 2.05) is 0 Å². The van der Waals surface area contributed by atoms with Gasteiger partial charge in [0.15, 0.2) is 0 Å². The number of nitrogens with one attached hydrogen (secondary N) is 3. The number of rotatable bonds is 4. The van der Waals surface area contributed by atoms with Gasteiger partial charge < -0.3 is 16.0 Å². The van der Waals surface area contributed by atoms with E-state index in [0.29, 0.717) is 23.7 Å². The average molecular weight is 289 g/mol. The van der Waals surface area contributed by atoms with Crippen LogP contribution in [-0.2, 0) is 0 Å². The summed E-state index contributed by atoms with van der Waals surface area (Å²) >= 11 is 0. The molecule has 1 aliphatic rings. The number of carbonyl (C=O) groups excluding carboxylic acids is 2. The van der Waals surface area contributed by atoms with Crippen LogP contribution in [0.2, 0.25) is 0 Å². The summed E-state index contributed by atoms with van der Waals surface area (Å²) in [4.78, 5) is 23.7. The van der Waals surface area contributed by atoms with Gasteiger partial charge in [0, 0.05) is 13.6 Å². The zero-order valence-corrected chi connectivity index (χ0v) is 12.4. The third-order valence-electron chi connectivity index (χ3n) is 3.92. The van der Waals surface area contributed by atoms with Crippen LogP contribution in [0.25, 0.3) is 0 Å². The van der Waals surface area contributed by atoms with E-state index < -0.39 is 0 Å². The molecule has 0 saturated heterocycles. The van der Waals surface area contributed by atoms with Gasteiger partial charge in [-0.1, -0.05) is 31.4 Å². The summed E-state index contributed by atoms with van der Waals surface area (Å²) in [5, 5.41) is 8.14. The summed E-state index contributed by atoms with van der Waals surface area (Å²) in [6.07, 6.45) is 6.21. The molecule has 2 rings (SSSR count). The Kier molecular flexibility index (Phi) is 5.60. The molecule has 1 fully saturated rings. The summed E-state index contributed by atoms with van der Waals surface area (Å²) in [6.45, 7) is 0.715. The molecule has 1 aliphatic carbocycles.